The van der Waals surface area contributed by atoms with Gasteiger partial charge in [0.15, 0.2) is 0 Å². The van der Waals surface area contributed by atoms with E-state index in [1.165, 1.54) is 11.3 Å². The molecule has 1 amide bonds. The highest BCUT2D eigenvalue weighted by molar-refractivity contribution is 7.98. The fraction of sp³-hybridized carbons (Fsp3) is 0.500. The van der Waals surface area contributed by atoms with E-state index < -0.39 is 12.0 Å². The number of carbonyl (C=O) groups excluding carboxylic acids is 1. The van der Waals surface area contributed by atoms with E-state index in [0.29, 0.717) is 27.8 Å². The van der Waals surface area contributed by atoms with Crippen LogP contribution in [0.25, 0.3) is 4.96 Å². The van der Waals surface area contributed by atoms with Gasteiger partial charge in [-0.05, 0) is 32.3 Å². The lowest BCUT2D eigenvalue weighted by Gasteiger charge is -2.13. The molecule has 0 aliphatic rings. The molecule has 2 aromatic heterocycles. The quantitative estimate of drug-likeness (QED) is 0.831. The molecule has 0 aliphatic carbocycles. The van der Waals surface area contributed by atoms with Gasteiger partial charge in [-0.3, -0.25) is 9.20 Å². The van der Waals surface area contributed by atoms with Crippen molar-refractivity contribution in [2.45, 2.75) is 26.3 Å². The molecule has 2 aromatic rings. The van der Waals surface area contributed by atoms with Gasteiger partial charge < -0.3 is 10.4 Å². The van der Waals surface area contributed by atoms with Crippen LogP contribution in [0, 0.1) is 13.8 Å². The van der Waals surface area contributed by atoms with E-state index in [9.17, 15) is 9.59 Å². The summed E-state index contributed by atoms with van der Waals surface area (Å²) in [5.74, 6) is -0.0207. The molecule has 9 heteroatoms. The molecule has 7 nitrogen and oxygen atoms in total. The molecule has 0 aliphatic heterocycles. The highest BCUT2D eigenvalue weighted by Gasteiger charge is 2.24. The van der Waals surface area contributed by atoms with Gasteiger partial charge in [0.1, 0.15) is 16.7 Å². The molecular weight excluding hydrogens is 312 g/mol. The predicted molar refractivity (Wildman–Crippen MR) is 82.2 cm³/mol. The molecule has 0 bridgehead atoms. The number of aromatic nitrogens is 3. The maximum atomic E-state index is 12.3. The van der Waals surface area contributed by atoms with E-state index in [4.69, 9.17) is 5.11 Å². The summed E-state index contributed by atoms with van der Waals surface area (Å²) in [6.45, 7) is 3.60. The van der Waals surface area contributed by atoms with Crippen molar-refractivity contribution in [3.8, 4) is 0 Å². The molecule has 0 spiro atoms. The van der Waals surface area contributed by atoms with Gasteiger partial charge in [-0.25, -0.2) is 4.79 Å². The van der Waals surface area contributed by atoms with Gasteiger partial charge >= 0.3 is 5.97 Å². The largest absolute Gasteiger partial charge is 0.480 e. The lowest BCUT2D eigenvalue weighted by atomic mass is 10.2. The summed E-state index contributed by atoms with van der Waals surface area (Å²) < 4.78 is 1.79. The third-order valence-electron chi connectivity index (χ3n) is 3.07. The smallest absolute Gasteiger partial charge is 0.326 e. The van der Waals surface area contributed by atoms with Crippen molar-refractivity contribution in [3.05, 3.63) is 16.4 Å². The third kappa shape index (κ3) is 3.18. The Labute approximate surface area is 129 Å². The highest BCUT2D eigenvalue weighted by atomic mass is 32.2. The fourth-order valence-corrected chi connectivity index (χ4v) is 3.48. The third-order valence-corrected chi connectivity index (χ3v) is 4.85. The second-order valence-electron chi connectivity index (χ2n) is 4.53. The van der Waals surface area contributed by atoms with E-state index in [-0.39, 0.29) is 5.91 Å². The van der Waals surface area contributed by atoms with Gasteiger partial charge in [0, 0.05) is 5.69 Å². The zero-order valence-electron chi connectivity index (χ0n) is 11.9. The summed E-state index contributed by atoms with van der Waals surface area (Å²) >= 11 is 2.76. The Balaban J connectivity index is 2.21. The number of fused-ring (bicyclic) bond motifs is 1. The SMILES string of the molecule is CSCCC(NC(=O)c1sc2nnc(C)n2c1C)C(=O)O. The molecule has 2 N–H and O–H groups in total. The monoisotopic (exact) mass is 328 g/mol. The zero-order valence-corrected chi connectivity index (χ0v) is 13.5. The number of thiazole rings is 1. The Bertz CT molecular complexity index is 679. The van der Waals surface area contributed by atoms with E-state index in [2.05, 4.69) is 15.5 Å². The molecule has 1 atom stereocenters. The number of carboxylic acids is 1. The van der Waals surface area contributed by atoms with E-state index >= 15 is 0 Å². The van der Waals surface area contributed by atoms with Crippen LogP contribution in [0.4, 0.5) is 0 Å². The summed E-state index contributed by atoms with van der Waals surface area (Å²) in [6, 6.07) is -0.877. The molecule has 0 aromatic carbocycles. The number of thioether (sulfide) groups is 1. The number of carboxylic acid groups (broad SMARTS) is 1. The molecule has 1 unspecified atom stereocenters. The maximum Gasteiger partial charge on any atom is 0.326 e. The van der Waals surface area contributed by atoms with Gasteiger partial charge in [0.05, 0.1) is 0 Å². The highest BCUT2D eigenvalue weighted by Crippen LogP contribution is 2.22. The van der Waals surface area contributed by atoms with Crippen LogP contribution < -0.4 is 5.32 Å². The average Bonchev–Trinajstić information content (AvgIpc) is 2.95. The summed E-state index contributed by atoms with van der Waals surface area (Å²) in [7, 11) is 0. The van der Waals surface area contributed by atoms with E-state index in [1.54, 1.807) is 30.0 Å². The Morgan fingerprint density at radius 2 is 2.14 bits per heavy atom. The van der Waals surface area contributed by atoms with Crippen LogP contribution in [0.2, 0.25) is 0 Å². The zero-order chi connectivity index (χ0) is 15.6. The normalized spacial score (nSPS) is 12.5. The van der Waals surface area contributed by atoms with Crippen LogP contribution in [-0.2, 0) is 4.79 Å². The summed E-state index contributed by atoms with van der Waals surface area (Å²) in [5.41, 5.74) is 0.726. The van der Waals surface area contributed by atoms with Crippen LogP contribution in [-0.4, -0.2) is 49.6 Å². The van der Waals surface area contributed by atoms with Crippen molar-refractivity contribution in [2.75, 3.05) is 12.0 Å². The first-order valence-corrected chi connectivity index (χ1v) is 8.50. The van der Waals surface area contributed by atoms with Crippen molar-refractivity contribution in [1.29, 1.82) is 0 Å². The minimum absolute atomic E-state index is 0.379. The van der Waals surface area contributed by atoms with Crippen molar-refractivity contribution < 1.29 is 14.7 Å². The Morgan fingerprint density at radius 3 is 2.71 bits per heavy atom. The molecule has 2 rings (SSSR count). The van der Waals surface area contributed by atoms with Gasteiger partial charge in [-0.15, -0.1) is 10.2 Å². The van der Waals surface area contributed by atoms with Gasteiger partial charge in [0.2, 0.25) is 4.96 Å². The maximum absolute atomic E-state index is 12.3. The Morgan fingerprint density at radius 1 is 1.43 bits per heavy atom. The molecule has 21 heavy (non-hydrogen) atoms. The van der Waals surface area contributed by atoms with Gasteiger partial charge in [-0.1, -0.05) is 11.3 Å². The first-order chi connectivity index (χ1) is 9.95. The average molecular weight is 328 g/mol. The molecule has 0 saturated heterocycles. The second kappa shape index (κ2) is 6.44. The first kappa shape index (κ1) is 15.8. The van der Waals surface area contributed by atoms with Crippen molar-refractivity contribution >= 4 is 39.9 Å². The van der Waals surface area contributed by atoms with E-state index in [0.717, 1.165) is 5.69 Å². The minimum Gasteiger partial charge on any atom is -0.480 e. The number of nitrogens with one attached hydrogen (secondary N) is 1. The number of amides is 1. The summed E-state index contributed by atoms with van der Waals surface area (Å²) in [5, 5.41) is 19.7. The molecule has 2 heterocycles. The van der Waals surface area contributed by atoms with Crippen LogP contribution in [0.1, 0.15) is 27.6 Å². The van der Waals surface area contributed by atoms with Crippen LogP contribution >= 0.6 is 23.1 Å². The Kier molecular flexibility index (Phi) is 4.84. The van der Waals surface area contributed by atoms with Crippen LogP contribution in [0.15, 0.2) is 0 Å². The summed E-state index contributed by atoms with van der Waals surface area (Å²) in [4.78, 5) is 24.6. The van der Waals surface area contributed by atoms with Crippen molar-refractivity contribution in [1.82, 2.24) is 19.9 Å². The number of nitrogens with zero attached hydrogens (tertiary/aromatic N) is 3. The fourth-order valence-electron chi connectivity index (χ4n) is 1.99. The standard InChI is InChI=1S/C12H16N4O3S2/c1-6-9(21-12-15-14-7(2)16(6)12)10(17)13-8(11(18)19)4-5-20-3/h8H,4-5H2,1-3H3,(H,13,17)(H,18,19). The summed E-state index contributed by atoms with van der Waals surface area (Å²) in [6.07, 6.45) is 2.29. The number of aryl methyl sites for hydroxylation is 2. The molecule has 0 radical (unpaired) electrons. The molecule has 114 valence electrons. The van der Waals surface area contributed by atoms with Gasteiger partial charge in [-0.2, -0.15) is 11.8 Å². The minimum atomic E-state index is -1.02. The molecule has 0 saturated carbocycles. The Hall–Kier alpha value is -1.61. The van der Waals surface area contributed by atoms with Crippen LogP contribution in [0.5, 0.6) is 0 Å². The lowest BCUT2D eigenvalue weighted by Crippen LogP contribution is -2.41. The van der Waals surface area contributed by atoms with Gasteiger partial charge in [0.25, 0.3) is 5.91 Å². The first-order valence-electron chi connectivity index (χ1n) is 6.29. The number of hydrogen-bond donors (Lipinski definition) is 2. The van der Waals surface area contributed by atoms with E-state index in [1.807, 2.05) is 6.26 Å². The number of hydrogen-bond acceptors (Lipinski definition) is 6. The molecule has 0 fully saturated rings. The lowest BCUT2D eigenvalue weighted by molar-refractivity contribution is -0.139. The topological polar surface area (TPSA) is 96.6 Å². The number of aliphatic carboxylic acids is 1. The second-order valence-corrected chi connectivity index (χ2v) is 6.49. The molecular formula is C12H16N4O3S2. The predicted octanol–water partition coefficient (Wildman–Crippen LogP) is 1.34. The van der Waals surface area contributed by atoms with Crippen molar-refractivity contribution in [2.24, 2.45) is 0 Å². The number of carbonyl (C=O) groups is 2. The number of rotatable bonds is 6. The van der Waals surface area contributed by atoms with Crippen LogP contribution in [0.3, 0.4) is 0 Å². The van der Waals surface area contributed by atoms with Crippen molar-refractivity contribution in [3.63, 3.8) is 0 Å².